The lowest BCUT2D eigenvalue weighted by Crippen LogP contribution is -2.41. The van der Waals surface area contributed by atoms with Crippen LogP contribution in [0.5, 0.6) is 0 Å². The van der Waals surface area contributed by atoms with E-state index in [1.807, 2.05) is 18.2 Å². The first-order chi connectivity index (χ1) is 7.79. The van der Waals surface area contributed by atoms with Gasteiger partial charge in [0.2, 0.25) is 0 Å². The first-order valence-electron chi connectivity index (χ1n) is 5.89. The minimum absolute atomic E-state index is 0.233. The molecule has 2 rings (SSSR count). The van der Waals surface area contributed by atoms with Crippen LogP contribution in [-0.2, 0) is 6.54 Å². The van der Waals surface area contributed by atoms with Crippen LogP contribution in [0.15, 0.2) is 24.3 Å². The van der Waals surface area contributed by atoms with Crippen molar-refractivity contribution in [3.63, 3.8) is 0 Å². The molecular weight excluding hydrogens is 222 g/mol. The molecule has 3 heteroatoms. The monoisotopic (exact) mass is 239 g/mol. The van der Waals surface area contributed by atoms with E-state index >= 15 is 0 Å². The average molecular weight is 240 g/mol. The highest BCUT2D eigenvalue weighted by atomic mass is 35.5. The van der Waals surface area contributed by atoms with Gasteiger partial charge < -0.3 is 5.11 Å². The Bertz CT molecular complexity index is 338. The number of hydrogen-bond acceptors (Lipinski definition) is 2. The fraction of sp³-hybridized carbons (Fsp3) is 0.538. The van der Waals surface area contributed by atoms with E-state index in [1.165, 1.54) is 24.8 Å². The van der Waals surface area contributed by atoms with E-state index < -0.39 is 0 Å². The molecule has 0 bridgehead atoms. The number of rotatable bonds is 5. The van der Waals surface area contributed by atoms with Gasteiger partial charge >= 0.3 is 0 Å². The number of benzene rings is 1. The van der Waals surface area contributed by atoms with Gasteiger partial charge in [-0.25, -0.2) is 0 Å². The Labute approximate surface area is 102 Å². The molecule has 0 amide bonds. The van der Waals surface area contributed by atoms with Crippen molar-refractivity contribution in [2.24, 2.45) is 0 Å². The molecule has 1 aliphatic rings. The van der Waals surface area contributed by atoms with Crippen molar-refractivity contribution in [3.8, 4) is 0 Å². The molecular formula is C13H18ClNO. The molecule has 0 spiro atoms. The molecule has 1 aromatic carbocycles. The van der Waals surface area contributed by atoms with Crippen LogP contribution < -0.4 is 0 Å². The van der Waals surface area contributed by atoms with Gasteiger partial charge in [-0.3, -0.25) is 4.90 Å². The predicted molar refractivity (Wildman–Crippen MR) is 66.6 cm³/mol. The summed E-state index contributed by atoms with van der Waals surface area (Å²) < 4.78 is 0. The van der Waals surface area contributed by atoms with Crippen LogP contribution in [0.25, 0.3) is 0 Å². The molecule has 0 unspecified atom stereocenters. The van der Waals surface area contributed by atoms with E-state index in [9.17, 15) is 0 Å². The number of hydrogen-bond donors (Lipinski definition) is 1. The Morgan fingerprint density at radius 2 is 2.19 bits per heavy atom. The molecule has 1 aliphatic carbocycles. The molecule has 0 saturated heterocycles. The zero-order chi connectivity index (χ0) is 11.4. The van der Waals surface area contributed by atoms with E-state index in [0.717, 1.165) is 18.1 Å². The third kappa shape index (κ3) is 2.97. The van der Waals surface area contributed by atoms with Crippen LogP contribution in [0.4, 0.5) is 0 Å². The summed E-state index contributed by atoms with van der Waals surface area (Å²) in [6.07, 6.45) is 3.85. The van der Waals surface area contributed by atoms with Crippen molar-refractivity contribution < 1.29 is 5.11 Å². The summed E-state index contributed by atoms with van der Waals surface area (Å²) in [4.78, 5) is 2.36. The maximum atomic E-state index is 9.07. The van der Waals surface area contributed by atoms with Crippen molar-refractivity contribution >= 4 is 11.6 Å². The van der Waals surface area contributed by atoms with Crippen LogP contribution >= 0.6 is 11.6 Å². The zero-order valence-electron chi connectivity index (χ0n) is 9.40. The first-order valence-corrected chi connectivity index (χ1v) is 6.27. The average Bonchev–Trinajstić information content (AvgIpc) is 2.15. The Kier molecular flexibility index (Phi) is 4.22. The number of aliphatic hydroxyl groups excluding tert-OH is 1. The van der Waals surface area contributed by atoms with Crippen LogP contribution in [0.3, 0.4) is 0 Å². The van der Waals surface area contributed by atoms with Gasteiger partial charge in [-0.05, 0) is 30.5 Å². The highest BCUT2D eigenvalue weighted by molar-refractivity contribution is 6.30. The summed E-state index contributed by atoms with van der Waals surface area (Å²) in [5, 5.41) is 9.86. The molecule has 1 fully saturated rings. The molecule has 0 atom stereocenters. The lowest BCUT2D eigenvalue weighted by Gasteiger charge is -2.37. The van der Waals surface area contributed by atoms with Crippen molar-refractivity contribution in [2.45, 2.75) is 31.8 Å². The Balaban J connectivity index is 1.98. The van der Waals surface area contributed by atoms with Crippen molar-refractivity contribution in [2.75, 3.05) is 13.2 Å². The molecule has 1 saturated carbocycles. The SMILES string of the molecule is OCCN(Cc1cccc(Cl)c1)C1CCC1. The Morgan fingerprint density at radius 3 is 2.75 bits per heavy atom. The van der Waals surface area contributed by atoms with Gasteiger partial charge in [-0.15, -0.1) is 0 Å². The van der Waals surface area contributed by atoms with Gasteiger partial charge in [-0.1, -0.05) is 30.2 Å². The van der Waals surface area contributed by atoms with Crippen molar-refractivity contribution in [1.82, 2.24) is 4.90 Å². The third-order valence-corrected chi connectivity index (χ3v) is 3.49. The molecule has 1 N–H and O–H groups in total. The quantitative estimate of drug-likeness (QED) is 0.854. The molecule has 0 aliphatic heterocycles. The molecule has 2 nitrogen and oxygen atoms in total. The van der Waals surface area contributed by atoms with Gasteiger partial charge in [0, 0.05) is 24.2 Å². The third-order valence-electron chi connectivity index (χ3n) is 3.25. The standard InChI is InChI=1S/C13H18ClNO/c14-12-4-1-3-11(9-12)10-15(7-8-16)13-5-2-6-13/h1,3-4,9,13,16H,2,5-8,10H2. The lowest BCUT2D eigenvalue weighted by molar-refractivity contribution is 0.0946. The first kappa shape index (κ1) is 11.9. The van der Waals surface area contributed by atoms with Gasteiger partial charge in [0.25, 0.3) is 0 Å². The van der Waals surface area contributed by atoms with E-state index in [2.05, 4.69) is 11.0 Å². The van der Waals surface area contributed by atoms with Gasteiger partial charge in [-0.2, -0.15) is 0 Å². The maximum absolute atomic E-state index is 9.07. The van der Waals surface area contributed by atoms with Gasteiger partial charge in [0.15, 0.2) is 0 Å². The van der Waals surface area contributed by atoms with Crippen LogP contribution in [0.2, 0.25) is 5.02 Å². The molecule has 0 radical (unpaired) electrons. The largest absolute Gasteiger partial charge is 0.395 e. The lowest BCUT2D eigenvalue weighted by atomic mass is 9.91. The Morgan fingerprint density at radius 1 is 1.38 bits per heavy atom. The minimum atomic E-state index is 0.233. The topological polar surface area (TPSA) is 23.5 Å². The van der Waals surface area contributed by atoms with Crippen molar-refractivity contribution in [1.29, 1.82) is 0 Å². The second kappa shape index (κ2) is 5.67. The predicted octanol–water partition coefficient (Wildman–Crippen LogP) is 2.69. The van der Waals surface area contributed by atoms with Crippen LogP contribution in [0, 0.1) is 0 Å². The second-order valence-electron chi connectivity index (χ2n) is 4.41. The highest BCUT2D eigenvalue weighted by Crippen LogP contribution is 2.26. The van der Waals surface area contributed by atoms with Gasteiger partial charge in [0.1, 0.15) is 0 Å². The van der Waals surface area contributed by atoms with E-state index in [-0.39, 0.29) is 6.61 Å². The summed E-state index contributed by atoms with van der Waals surface area (Å²) in [6.45, 7) is 1.89. The fourth-order valence-electron chi connectivity index (χ4n) is 2.14. The molecule has 1 aromatic rings. The van der Waals surface area contributed by atoms with Crippen molar-refractivity contribution in [3.05, 3.63) is 34.9 Å². The van der Waals surface area contributed by atoms with E-state index in [0.29, 0.717) is 6.04 Å². The highest BCUT2D eigenvalue weighted by Gasteiger charge is 2.24. The summed E-state index contributed by atoms with van der Waals surface area (Å²) in [7, 11) is 0. The normalized spacial score (nSPS) is 16.4. The number of halogens is 1. The van der Waals surface area contributed by atoms with Gasteiger partial charge in [0.05, 0.1) is 6.61 Å². The van der Waals surface area contributed by atoms with E-state index in [1.54, 1.807) is 0 Å². The summed E-state index contributed by atoms with van der Waals surface area (Å²) in [6, 6.07) is 8.63. The molecule has 16 heavy (non-hydrogen) atoms. The number of nitrogens with zero attached hydrogens (tertiary/aromatic N) is 1. The molecule has 0 heterocycles. The second-order valence-corrected chi connectivity index (χ2v) is 4.85. The maximum Gasteiger partial charge on any atom is 0.0558 e. The minimum Gasteiger partial charge on any atom is -0.395 e. The summed E-state index contributed by atoms with van der Waals surface area (Å²) in [5.41, 5.74) is 1.23. The molecule has 88 valence electrons. The summed E-state index contributed by atoms with van der Waals surface area (Å²) in [5.74, 6) is 0. The number of aliphatic hydroxyl groups is 1. The fourth-order valence-corrected chi connectivity index (χ4v) is 2.35. The Hall–Kier alpha value is -0.570. The zero-order valence-corrected chi connectivity index (χ0v) is 10.2. The summed E-state index contributed by atoms with van der Waals surface area (Å²) >= 11 is 5.96. The van der Waals surface area contributed by atoms with E-state index in [4.69, 9.17) is 16.7 Å². The smallest absolute Gasteiger partial charge is 0.0558 e. The van der Waals surface area contributed by atoms with Crippen LogP contribution in [-0.4, -0.2) is 29.2 Å². The van der Waals surface area contributed by atoms with Crippen LogP contribution in [0.1, 0.15) is 24.8 Å². The molecule has 0 aromatic heterocycles.